The van der Waals surface area contributed by atoms with Gasteiger partial charge in [-0.05, 0) is 19.4 Å². The van der Waals surface area contributed by atoms with Crippen molar-refractivity contribution in [1.29, 1.82) is 0 Å². The summed E-state index contributed by atoms with van der Waals surface area (Å²) in [6.45, 7) is 3.78. The van der Waals surface area contributed by atoms with Gasteiger partial charge in [-0.2, -0.15) is 0 Å². The van der Waals surface area contributed by atoms with Crippen LogP contribution >= 0.6 is 7.37 Å². The number of hydrogen-bond donors (Lipinski definition) is 3. The molecular formula is C8H18NO4P. The quantitative estimate of drug-likeness (QED) is 0.554. The zero-order chi connectivity index (χ0) is 11.2. The molecule has 0 spiro atoms. The van der Waals surface area contributed by atoms with Crippen LogP contribution in [0.1, 0.15) is 19.8 Å². The summed E-state index contributed by atoms with van der Waals surface area (Å²) in [7, 11) is -3.09. The highest BCUT2D eigenvalue weighted by Crippen LogP contribution is 2.35. The van der Waals surface area contributed by atoms with Crippen LogP contribution in [0.15, 0.2) is 0 Å². The molecule has 0 rings (SSSR count). The minimum atomic E-state index is -3.09. The van der Waals surface area contributed by atoms with Crippen LogP contribution in [-0.4, -0.2) is 41.4 Å². The summed E-state index contributed by atoms with van der Waals surface area (Å²) in [5.41, 5.74) is 0. The van der Waals surface area contributed by atoms with Crippen molar-refractivity contribution in [2.45, 2.75) is 25.8 Å². The summed E-state index contributed by atoms with van der Waals surface area (Å²) in [5, 5.41) is 11.6. The molecule has 0 aliphatic carbocycles. The number of carboxylic acid groups (broad SMARTS) is 1. The number of carbonyl (C=O) groups is 1. The molecule has 0 heterocycles. The van der Waals surface area contributed by atoms with Crippen LogP contribution in [0.3, 0.4) is 0 Å². The molecule has 0 bridgehead atoms. The molecule has 84 valence electrons. The molecule has 5 nitrogen and oxygen atoms in total. The SMILES string of the molecule is CCCNC(CCP(C)(=O)O)C(=O)O. The molecule has 2 atom stereocenters. The monoisotopic (exact) mass is 223 g/mol. The zero-order valence-electron chi connectivity index (χ0n) is 8.56. The van der Waals surface area contributed by atoms with Gasteiger partial charge in [-0.1, -0.05) is 6.92 Å². The molecule has 14 heavy (non-hydrogen) atoms. The van der Waals surface area contributed by atoms with Gasteiger partial charge in [0.2, 0.25) is 0 Å². The first-order valence-corrected chi connectivity index (χ1v) is 6.91. The standard InChI is InChI=1S/C8H18NO4P/c1-3-5-9-7(8(10)11)4-6-14(2,12)13/h7,9H,3-6H2,1-2H3,(H,10,11)(H,12,13). The number of hydrogen-bond acceptors (Lipinski definition) is 3. The minimum Gasteiger partial charge on any atom is -0.480 e. The third-order valence-electron chi connectivity index (χ3n) is 1.77. The Balaban J connectivity index is 3.98. The minimum absolute atomic E-state index is 0.0423. The molecule has 0 aliphatic heterocycles. The van der Waals surface area contributed by atoms with E-state index in [2.05, 4.69) is 5.32 Å². The molecule has 0 aliphatic rings. The van der Waals surface area contributed by atoms with E-state index in [1.807, 2.05) is 6.92 Å². The molecule has 0 saturated carbocycles. The van der Waals surface area contributed by atoms with E-state index in [-0.39, 0.29) is 12.6 Å². The topological polar surface area (TPSA) is 86.6 Å². The second-order valence-electron chi connectivity index (χ2n) is 3.41. The van der Waals surface area contributed by atoms with Gasteiger partial charge in [0.1, 0.15) is 6.04 Å². The third kappa shape index (κ3) is 7.06. The first-order valence-electron chi connectivity index (χ1n) is 4.62. The van der Waals surface area contributed by atoms with Crippen molar-refractivity contribution in [2.75, 3.05) is 19.4 Å². The van der Waals surface area contributed by atoms with Crippen LogP contribution in [0.4, 0.5) is 0 Å². The molecule has 0 saturated heterocycles. The predicted molar refractivity (Wildman–Crippen MR) is 55.0 cm³/mol. The third-order valence-corrected chi connectivity index (χ3v) is 2.86. The van der Waals surface area contributed by atoms with E-state index in [0.717, 1.165) is 6.42 Å². The fourth-order valence-corrected chi connectivity index (χ4v) is 1.74. The lowest BCUT2D eigenvalue weighted by Gasteiger charge is -2.14. The van der Waals surface area contributed by atoms with Crippen molar-refractivity contribution in [1.82, 2.24) is 5.32 Å². The van der Waals surface area contributed by atoms with E-state index in [1.54, 1.807) is 0 Å². The second kappa shape index (κ2) is 6.17. The van der Waals surface area contributed by atoms with Crippen molar-refractivity contribution in [2.24, 2.45) is 0 Å². The van der Waals surface area contributed by atoms with Crippen molar-refractivity contribution < 1.29 is 19.4 Å². The molecular weight excluding hydrogens is 205 g/mol. The van der Waals surface area contributed by atoms with Crippen LogP contribution in [-0.2, 0) is 9.36 Å². The van der Waals surface area contributed by atoms with Crippen molar-refractivity contribution >= 4 is 13.3 Å². The Labute approximate surface area is 84.0 Å². The normalized spacial score (nSPS) is 17.4. The highest BCUT2D eigenvalue weighted by molar-refractivity contribution is 7.57. The lowest BCUT2D eigenvalue weighted by molar-refractivity contribution is -0.139. The first-order chi connectivity index (χ1) is 6.37. The predicted octanol–water partition coefficient (Wildman–Crippen LogP) is 0.729. The van der Waals surface area contributed by atoms with Crippen LogP contribution in [0.5, 0.6) is 0 Å². The summed E-state index contributed by atoms with van der Waals surface area (Å²) in [4.78, 5) is 19.7. The largest absolute Gasteiger partial charge is 0.480 e. The van der Waals surface area contributed by atoms with Gasteiger partial charge in [-0.25, -0.2) is 0 Å². The zero-order valence-corrected chi connectivity index (χ0v) is 9.46. The highest BCUT2D eigenvalue weighted by atomic mass is 31.2. The smallest absolute Gasteiger partial charge is 0.320 e. The van der Waals surface area contributed by atoms with E-state index < -0.39 is 19.4 Å². The van der Waals surface area contributed by atoms with Crippen LogP contribution in [0.2, 0.25) is 0 Å². The molecule has 0 aromatic carbocycles. The maximum atomic E-state index is 11.0. The molecule has 3 N–H and O–H groups in total. The lowest BCUT2D eigenvalue weighted by Crippen LogP contribution is -2.37. The summed E-state index contributed by atoms with van der Waals surface area (Å²) in [6, 6.07) is -0.713. The number of carboxylic acids is 1. The Morgan fingerprint density at radius 3 is 2.50 bits per heavy atom. The molecule has 6 heteroatoms. The summed E-state index contributed by atoms with van der Waals surface area (Å²) < 4.78 is 11.0. The molecule has 0 radical (unpaired) electrons. The van der Waals surface area contributed by atoms with Crippen molar-refractivity contribution in [3.8, 4) is 0 Å². The number of nitrogens with one attached hydrogen (secondary N) is 1. The molecule has 2 unspecified atom stereocenters. The van der Waals surface area contributed by atoms with Gasteiger partial charge in [0, 0.05) is 12.8 Å². The molecule has 0 aromatic heterocycles. The Morgan fingerprint density at radius 1 is 1.57 bits per heavy atom. The summed E-state index contributed by atoms with van der Waals surface area (Å²) in [6.07, 6.45) is 1.08. The van der Waals surface area contributed by atoms with Crippen LogP contribution < -0.4 is 5.32 Å². The number of aliphatic carboxylic acids is 1. The number of rotatable bonds is 7. The first kappa shape index (κ1) is 13.6. The van der Waals surface area contributed by atoms with Gasteiger partial charge in [-0.15, -0.1) is 0 Å². The van der Waals surface area contributed by atoms with Gasteiger partial charge in [0.25, 0.3) is 0 Å². The fourth-order valence-electron chi connectivity index (χ4n) is 1.00. The van der Waals surface area contributed by atoms with Crippen LogP contribution in [0, 0.1) is 0 Å². The fraction of sp³-hybridized carbons (Fsp3) is 0.875. The van der Waals surface area contributed by atoms with E-state index in [0.29, 0.717) is 6.54 Å². The molecule has 0 amide bonds. The Kier molecular flexibility index (Phi) is 6.00. The van der Waals surface area contributed by atoms with E-state index >= 15 is 0 Å². The van der Waals surface area contributed by atoms with Gasteiger partial charge in [0.15, 0.2) is 7.37 Å². The van der Waals surface area contributed by atoms with Gasteiger partial charge in [-0.3, -0.25) is 9.36 Å². The average molecular weight is 223 g/mol. The van der Waals surface area contributed by atoms with Gasteiger partial charge in [0.05, 0.1) is 0 Å². The van der Waals surface area contributed by atoms with Crippen LogP contribution in [0.25, 0.3) is 0 Å². The van der Waals surface area contributed by atoms with E-state index in [4.69, 9.17) is 10.00 Å². The maximum Gasteiger partial charge on any atom is 0.320 e. The Morgan fingerprint density at radius 2 is 2.14 bits per heavy atom. The second-order valence-corrected chi connectivity index (χ2v) is 5.96. The Bertz CT molecular complexity index is 225. The van der Waals surface area contributed by atoms with E-state index in [9.17, 15) is 9.36 Å². The lowest BCUT2D eigenvalue weighted by atomic mass is 10.2. The van der Waals surface area contributed by atoms with Gasteiger partial charge >= 0.3 is 5.97 Å². The van der Waals surface area contributed by atoms with Crippen molar-refractivity contribution in [3.63, 3.8) is 0 Å². The van der Waals surface area contributed by atoms with Crippen molar-refractivity contribution in [3.05, 3.63) is 0 Å². The Hall–Kier alpha value is -0.380. The maximum absolute atomic E-state index is 11.0. The molecule has 0 aromatic rings. The summed E-state index contributed by atoms with van der Waals surface area (Å²) in [5.74, 6) is -0.966. The molecule has 0 fully saturated rings. The van der Waals surface area contributed by atoms with Gasteiger partial charge < -0.3 is 15.3 Å². The van der Waals surface area contributed by atoms with E-state index in [1.165, 1.54) is 6.66 Å². The average Bonchev–Trinajstić information content (AvgIpc) is 2.01. The highest BCUT2D eigenvalue weighted by Gasteiger charge is 2.20. The summed E-state index contributed by atoms with van der Waals surface area (Å²) >= 11 is 0.